The molecule has 3 aromatic heterocycles. The van der Waals surface area contributed by atoms with Crippen molar-refractivity contribution in [2.24, 2.45) is 0 Å². The fourth-order valence-electron chi connectivity index (χ4n) is 12.7. The van der Waals surface area contributed by atoms with Crippen molar-refractivity contribution in [3.8, 4) is 84.3 Å². The summed E-state index contributed by atoms with van der Waals surface area (Å²) in [7, 11) is -6.15. The van der Waals surface area contributed by atoms with E-state index in [1.165, 1.54) is 51.6 Å². The van der Waals surface area contributed by atoms with Crippen molar-refractivity contribution >= 4 is 61.7 Å². The van der Waals surface area contributed by atoms with E-state index in [9.17, 15) is 27.4 Å². The van der Waals surface area contributed by atoms with Crippen LogP contribution in [0.4, 0.5) is 0 Å². The predicted molar refractivity (Wildman–Crippen MR) is 372 cm³/mol. The van der Waals surface area contributed by atoms with E-state index in [4.69, 9.17) is 17.9 Å². The van der Waals surface area contributed by atoms with Crippen molar-refractivity contribution in [1.82, 2.24) is 14.1 Å². The molecule has 16 rings (SSSR count). The third-order valence-electron chi connectivity index (χ3n) is 16.6. The fourth-order valence-corrected chi connectivity index (χ4v) is 16.5. The van der Waals surface area contributed by atoms with E-state index in [0.717, 1.165) is 21.9 Å². The molecule has 7 heteroatoms. The second-order valence-corrected chi connectivity index (χ2v) is 26.3. The Bertz CT molecular complexity index is 6490. The zero-order valence-electron chi connectivity index (χ0n) is 74.6. The van der Waals surface area contributed by atoms with Gasteiger partial charge in [0.25, 0.3) is 6.33 Å². The van der Waals surface area contributed by atoms with Gasteiger partial charge in [-0.1, -0.05) is 256 Å². The smallest absolute Gasteiger partial charge is 0.268 e. The molecule has 1 aliphatic rings. The minimum absolute atomic E-state index is 0. The summed E-state index contributed by atoms with van der Waals surface area (Å²) in [6.07, 6.45) is 5.29. The third-order valence-corrected chi connectivity index (χ3v) is 20.8. The van der Waals surface area contributed by atoms with Gasteiger partial charge < -0.3 is 13.9 Å². The Kier molecular flexibility index (Phi) is 8.90. The Morgan fingerprint density at radius 1 is 0.495 bits per heavy atom. The Morgan fingerprint density at radius 3 is 1.78 bits per heavy atom. The first kappa shape index (κ1) is 35.2. The summed E-state index contributed by atoms with van der Waals surface area (Å²) >= 11 is 0. The first-order valence-electron chi connectivity index (χ1n) is 41.8. The Balaban J connectivity index is 0.0000107. The summed E-state index contributed by atoms with van der Waals surface area (Å²) in [4.78, 5) is 4.85. The van der Waals surface area contributed by atoms with Crippen LogP contribution in [0.15, 0.2) is 285 Å². The van der Waals surface area contributed by atoms with Crippen LogP contribution in [0.1, 0.15) is 73.1 Å². The van der Waals surface area contributed by atoms with Crippen LogP contribution in [0, 0.1) is 32.2 Å². The summed E-state index contributed by atoms with van der Waals surface area (Å²) < 4.78 is 258. The fraction of sp³-hybridized carbons (Fsp3) is 0.0714. The maximum atomic E-state index is 10.2. The van der Waals surface area contributed by atoms with E-state index in [-0.39, 0.29) is 121 Å². The summed E-state index contributed by atoms with van der Waals surface area (Å²) in [5, 5.41) is -1.16. The summed E-state index contributed by atoms with van der Waals surface area (Å²) in [6, 6.07) is 30.9. The van der Waals surface area contributed by atoms with E-state index < -0.39 is 169 Å². The summed E-state index contributed by atoms with van der Waals surface area (Å²) in [5.74, 6) is 0.820. The minimum Gasteiger partial charge on any atom is -0.510 e. The number of hydrogen-bond donors (Lipinski definition) is 0. The molecule has 0 spiro atoms. The number of aryl methyl sites for hydroxylation is 2. The van der Waals surface area contributed by atoms with E-state index in [1.807, 2.05) is 47.0 Å². The monoisotopic (exact) mass is 1390 g/mol. The number of para-hydroxylation sites is 2. The zero-order valence-corrected chi connectivity index (χ0v) is 51.9. The number of benzene rings is 12. The summed E-state index contributed by atoms with van der Waals surface area (Å²) in [6.45, 7) is 0.174. The molecule has 0 bridgehead atoms. The van der Waals surface area contributed by atoms with Crippen LogP contribution in [0.2, 0.25) is 0 Å². The average Bonchev–Trinajstić information content (AvgIpc) is 1.55. The van der Waals surface area contributed by atoms with Gasteiger partial charge in [0.15, 0.2) is 8.07 Å². The number of ether oxygens (including phenoxy) is 1. The van der Waals surface area contributed by atoms with Crippen LogP contribution in [0.5, 0.6) is 11.5 Å². The minimum atomic E-state index is -6.15. The molecule has 440 valence electrons. The standard InChI is InChI=1S/C84H62N4OSi.Pt/c1-56-26-22-27-57(2)80(56)74-44-25-43-73-72-42-24-41-67(58-28-10-6-11-29-58)81(72)71-40-19-18-38-68(71)75-53-66(90(63-32-12-7-13-33-63,64-34-14-8-15-35-64)65-36-16-9-17-37-65)54-78-83(75)87(82(73)74)55-86(78)60-30-23-31-61(51-60)89-62-46-47-70-69-39-20-21-45-76(69)88(77(70)52-62)79-50-59(48-49-85-79)84(3,4)5;/h6-50,53-54H,1-5H3;/q-2;/i1D3,2D3,6D,7D,8D,9D,10D,11D,12D,13D,14D,15D,16D,17D,28D,29D,32D,33D,34D,35D,36D,37D;. The molecule has 0 saturated carbocycles. The second-order valence-electron chi connectivity index (χ2n) is 22.7. The van der Waals surface area contributed by atoms with E-state index in [0.29, 0.717) is 11.3 Å². The number of aromatic nitrogens is 4. The first-order valence-corrected chi connectivity index (χ1v) is 30.8. The molecule has 91 heavy (non-hydrogen) atoms. The number of nitrogens with zero attached hydrogens (tertiary/aromatic N) is 4. The summed E-state index contributed by atoms with van der Waals surface area (Å²) in [5.41, 5.74) is 1.37. The molecule has 0 aliphatic carbocycles. The van der Waals surface area contributed by atoms with Crippen molar-refractivity contribution in [1.29, 1.82) is 0 Å². The molecule has 0 fully saturated rings. The van der Waals surface area contributed by atoms with Gasteiger partial charge in [0.05, 0.1) is 44.1 Å². The van der Waals surface area contributed by atoms with Crippen molar-refractivity contribution in [2.75, 3.05) is 0 Å². The van der Waals surface area contributed by atoms with Crippen molar-refractivity contribution in [3.05, 3.63) is 320 Å². The molecule has 1 aliphatic heterocycles. The zero-order chi connectivity index (χ0) is 83.1. The Morgan fingerprint density at radius 2 is 1.09 bits per heavy atom. The number of pyridine rings is 1. The van der Waals surface area contributed by atoms with Gasteiger partial charge in [-0.25, -0.2) is 4.98 Å². The SMILES string of the molecule is [2H]c1c([2H])c([2H])c(-c2cccc3c2-c2ccccc2-c2cc([Si](c4c([2H])c([2H])c([2H])c([2H])c4[2H])(c4c([2H])c([2H])c([2H])c([2H])c4[2H])c4c([2H])c([2H])c([2H])c([2H])c4[2H])cc4c2[n+]([c-]n4-c2[c-]c(Oc4[c-]c5c(cc4)c4ccccc4n5-c4cc(C(C)(C)C)ccn4)ccc2)-c2c-3cccc2-c2c(C([2H])([2H])[2H])cccc2C([2H])([2H])[2H])c([2H])c1[2H].[Pt]. The number of imidazole rings is 1. The molecule has 0 saturated heterocycles. The number of fused-ring (bicyclic) bond motifs is 10. The Labute approximate surface area is 583 Å². The van der Waals surface area contributed by atoms with E-state index in [2.05, 4.69) is 39.2 Å². The molecular weight excluding hydrogens is 1300 g/mol. The molecule has 0 amide bonds. The van der Waals surface area contributed by atoms with Crippen LogP contribution in [0.25, 0.3) is 106 Å². The average molecular weight is 1390 g/mol. The van der Waals surface area contributed by atoms with Crippen LogP contribution in [0.3, 0.4) is 0 Å². The molecule has 12 aromatic carbocycles. The van der Waals surface area contributed by atoms with Gasteiger partial charge in [0.2, 0.25) is 0 Å². The molecular formula is C84H62N4OPtSi-2. The van der Waals surface area contributed by atoms with Gasteiger partial charge in [-0.05, 0) is 141 Å². The third kappa shape index (κ3) is 9.55. The van der Waals surface area contributed by atoms with E-state index >= 15 is 0 Å². The van der Waals surface area contributed by atoms with Crippen molar-refractivity contribution < 1.29 is 66.0 Å². The topological polar surface area (TPSA) is 35.9 Å². The van der Waals surface area contributed by atoms with Gasteiger partial charge in [0, 0.05) is 52.5 Å². The maximum Gasteiger partial charge on any atom is 0.268 e. The van der Waals surface area contributed by atoms with Gasteiger partial charge in [0.1, 0.15) is 5.82 Å². The molecule has 5 nitrogen and oxygen atoms in total. The van der Waals surface area contributed by atoms with Gasteiger partial charge in [-0.15, -0.1) is 29.7 Å². The maximum absolute atomic E-state index is 10.2. The van der Waals surface area contributed by atoms with Crippen LogP contribution >= 0.6 is 0 Å². The van der Waals surface area contributed by atoms with Gasteiger partial charge >= 0.3 is 0 Å². The van der Waals surface area contributed by atoms with Crippen LogP contribution in [-0.2, 0) is 26.5 Å². The molecule has 15 aromatic rings. The molecule has 0 atom stereocenters. The molecule has 0 radical (unpaired) electrons. The predicted octanol–water partition coefficient (Wildman–Crippen LogP) is 17.5. The second kappa shape index (κ2) is 23.0. The van der Waals surface area contributed by atoms with Crippen molar-refractivity contribution in [2.45, 2.75) is 39.9 Å². The normalized spacial score (nSPS) is 16.3. The number of hydrogen-bond acceptors (Lipinski definition) is 2. The quantitative estimate of drug-likeness (QED) is 0.0592. The van der Waals surface area contributed by atoms with Crippen LogP contribution in [-0.4, -0.2) is 22.2 Å². The first-order chi connectivity index (χ1) is 54.8. The van der Waals surface area contributed by atoms with Gasteiger partial charge in [-0.3, -0.25) is 4.57 Å². The van der Waals surface area contributed by atoms with Crippen LogP contribution < -0.4 is 30.1 Å². The van der Waals surface area contributed by atoms with E-state index in [1.54, 1.807) is 79.0 Å². The largest absolute Gasteiger partial charge is 0.510 e. The molecule has 0 N–H and O–H groups in total. The Hall–Kier alpha value is -10.2. The molecule has 4 heterocycles. The van der Waals surface area contributed by atoms with Crippen molar-refractivity contribution in [3.63, 3.8) is 0 Å². The molecule has 0 unspecified atom stereocenters. The van der Waals surface area contributed by atoms with Gasteiger partial charge in [-0.2, -0.15) is 18.2 Å². The number of rotatable bonds is 10.